The van der Waals surface area contributed by atoms with E-state index in [9.17, 15) is 0 Å². The lowest BCUT2D eigenvalue weighted by atomic mass is 10.1. The fourth-order valence-electron chi connectivity index (χ4n) is 0.463. The Kier molecular flexibility index (Phi) is 5.51. The van der Waals surface area contributed by atoms with Gasteiger partial charge in [-0.2, -0.15) is 0 Å². The molecule has 0 bridgehead atoms. The summed E-state index contributed by atoms with van der Waals surface area (Å²) in [5.74, 6) is 0. The normalized spacial score (nSPS) is 12.0. The zero-order chi connectivity index (χ0) is 8.74. The lowest BCUT2D eigenvalue weighted by Gasteiger charge is -2.21. The molecule has 0 aromatic heterocycles. The van der Waals surface area contributed by atoms with E-state index in [1.54, 1.807) is 0 Å². The zero-order valence-electron chi connectivity index (χ0n) is 8.14. The second kappa shape index (κ2) is 5.56. The Morgan fingerprint density at radius 1 is 1.18 bits per heavy atom. The van der Waals surface area contributed by atoms with Gasteiger partial charge in [0.1, 0.15) is 0 Å². The Morgan fingerprint density at radius 3 is 2.27 bits per heavy atom. The summed E-state index contributed by atoms with van der Waals surface area (Å²) in [5.41, 5.74) is -0.131. The predicted octanol–water partition coefficient (Wildman–Crippen LogP) is 2.92. The lowest BCUT2D eigenvalue weighted by Crippen LogP contribution is -2.23. The van der Waals surface area contributed by atoms with Crippen LogP contribution in [0.3, 0.4) is 0 Å². The first kappa shape index (κ1) is 10.9. The fraction of sp³-hybridized carbons (Fsp3) is 1.00. The molecule has 0 aliphatic rings. The van der Waals surface area contributed by atoms with Gasteiger partial charge in [-0.3, -0.25) is 0 Å². The molecule has 68 valence electrons. The number of unbranched alkanes of at least 4 members (excludes halogenated alkanes) is 1. The lowest BCUT2D eigenvalue weighted by molar-refractivity contribution is -0.353. The van der Waals surface area contributed by atoms with Crippen LogP contribution in [0.4, 0.5) is 0 Å². The molecule has 0 rings (SSSR count). The maximum atomic E-state index is 5.18. The molecule has 0 fully saturated rings. The highest BCUT2D eigenvalue weighted by Crippen LogP contribution is 2.13. The van der Waals surface area contributed by atoms with E-state index in [4.69, 9.17) is 9.78 Å². The minimum absolute atomic E-state index is 0.131. The third-order valence-electron chi connectivity index (χ3n) is 1.72. The van der Waals surface area contributed by atoms with Crippen molar-refractivity contribution in [1.82, 2.24) is 0 Å². The van der Waals surface area contributed by atoms with Gasteiger partial charge in [0, 0.05) is 0 Å². The first-order chi connectivity index (χ1) is 5.12. The molecule has 0 aliphatic heterocycles. The van der Waals surface area contributed by atoms with E-state index in [1.807, 2.05) is 13.8 Å². The third kappa shape index (κ3) is 6.32. The van der Waals surface area contributed by atoms with Crippen LogP contribution in [0, 0.1) is 0 Å². The molecular formula is C9H20O2. The van der Waals surface area contributed by atoms with Crippen LogP contribution in [0.15, 0.2) is 0 Å². The van der Waals surface area contributed by atoms with Gasteiger partial charge in [0.25, 0.3) is 0 Å². The maximum absolute atomic E-state index is 5.18. The van der Waals surface area contributed by atoms with Crippen molar-refractivity contribution in [3.05, 3.63) is 0 Å². The third-order valence-corrected chi connectivity index (χ3v) is 1.72. The first-order valence-corrected chi connectivity index (χ1v) is 4.43. The summed E-state index contributed by atoms with van der Waals surface area (Å²) in [7, 11) is 0. The van der Waals surface area contributed by atoms with Crippen molar-refractivity contribution in [1.29, 1.82) is 0 Å². The van der Waals surface area contributed by atoms with Crippen LogP contribution in [0.5, 0.6) is 0 Å². The molecular weight excluding hydrogens is 140 g/mol. The molecule has 0 atom stereocenters. The van der Waals surface area contributed by atoms with Gasteiger partial charge < -0.3 is 0 Å². The monoisotopic (exact) mass is 160 g/mol. The van der Waals surface area contributed by atoms with Crippen LogP contribution in [-0.4, -0.2) is 12.2 Å². The van der Waals surface area contributed by atoms with E-state index < -0.39 is 0 Å². The van der Waals surface area contributed by atoms with Crippen LogP contribution < -0.4 is 0 Å². The second-order valence-corrected chi connectivity index (χ2v) is 3.37. The van der Waals surface area contributed by atoms with Gasteiger partial charge >= 0.3 is 0 Å². The van der Waals surface area contributed by atoms with Crippen LogP contribution in [0.2, 0.25) is 0 Å². The first-order valence-electron chi connectivity index (χ1n) is 4.43. The summed E-state index contributed by atoms with van der Waals surface area (Å²) in [4.78, 5) is 10.2. The van der Waals surface area contributed by atoms with Crippen molar-refractivity contribution < 1.29 is 9.78 Å². The Bertz CT molecular complexity index is 89.6. The Hall–Kier alpha value is -0.0800. The minimum atomic E-state index is -0.131. The Morgan fingerprint density at radius 2 is 1.82 bits per heavy atom. The van der Waals surface area contributed by atoms with Crippen LogP contribution in [-0.2, 0) is 9.78 Å². The van der Waals surface area contributed by atoms with Gasteiger partial charge in [-0.25, -0.2) is 9.78 Å². The molecule has 0 aromatic carbocycles. The van der Waals surface area contributed by atoms with Crippen molar-refractivity contribution in [2.75, 3.05) is 6.61 Å². The van der Waals surface area contributed by atoms with Crippen molar-refractivity contribution in [2.24, 2.45) is 0 Å². The average Bonchev–Trinajstić information content (AvgIpc) is 1.99. The van der Waals surface area contributed by atoms with E-state index >= 15 is 0 Å². The van der Waals surface area contributed by atoms with Crippen LogP contribution in [0.1, 0.15) is 47.0 Å². The summed E-state index contributed by atoms with van der Waals surface area (Å²) >= 11 is 0. The van der Waals surface area contributed by atoms with E-state index in [2.05, 4.69) is 13.8 Å². The molecule has 0 saturated carbocycles. The number of rotatable bonds is 6. The summed E-state index contributed by atoms with van der Waals surface area (Å²) in [6, 6.07) is 0. The molecule has 0 N–H and O–H groups in total. The van der Waals surface area contributed by atoms with Gasteiger partial charge in [0.2, 0.25) is 0 Å². The van der Waals surface area contributed by atoms with Crippen molar-refractivity contribution >= 4 is 0 Å². The topological polar surface area (TPSA) is 18.5 Å². The van der Waals surface area contributed by atoms with E-state index in [1.165, 1.54) is 0 Å². The summed E-state index contributed by atoms with van der Waals surface area (Å²) in [6.45, 7) is 8.98. The summed E-state index contributed by atoms with van der Waals surface area (Å²) < 4.78 is 0. The fourth-order valence-corrected chi connectivity index (χ4v) is 0.463. The highest BCUT2D eigenvalue weighted by molar-refractivity contribution is 4.61. The predicted molar refractivity (Wildman–Crippen MR) is 46.3 cm³/mol. The Labute approximate surface area is 69.8 Å². The maximum Gasteiger partial charge on any atom is 0.0977 e. The van der Waals surface area contributed by atoms with Gasteiger partial charge in [0.05, 0.1) is 12.2 Å². The largest absolute Gasteiger partial charge is 0.236 e. The van der Waals surface area contributed by atoms with Crippen molar-refractivity contribution in [3.63, 3.8) is 0 Å². The number of hydrogen-bond donors (Lipinski definition) is 0. The number of hydrogen-bond acceptors (Lipinski definition) is 2. The highest BCUT2D eigenvalue weighted by Gasteiger charge is 2.16. The Balaban J connectivity index is 3.23. The van der Waals surface area contributed by atoms with Gasteiger partial charge in [-0.1, -0.05) is 20.3 Å². The standard InChI is InChI=1S/C9H20O2/c1-5-7-8-10-11-9(3,4)6-2/h5-8H2,1-4H3. The molecule has 0 saturated heterocycles. The molecule has 11 heavy (non-hydrogen) atoms. The van der Waals surface area contributed by atoms with Gasteiger partial charge in [-0.05, 0) is 26.7 Å². The van der Waals surface area contributed by atoms with Crippen molar-refractivity contribution in [3.8, 4) is 0 Å². The average molecular weight is 160 g/mol. The summed E-state index contributed by atoms with van der Waals surface area (Å²) in [6.07, 6.45) is 3.19. The van der Waals surface area contributed by atoms with E-state index in [0.717, 1.165) is 19.3 Å². The van der Waals surface area contributed by atoms with Gasteiger partial charge in [-0.15, -0.1) is 0 Å². The van der Waals surface area contributed by atoms with Crippen LogP contribution in [0.25, 0.3) is 0 Å². The van der Waals surface area contributed by atoms with E-state index in [0.29, 0.717) is 6.61 Å². The van der Waals surface area contributed by atoms with Crippen molar-refractivity contribution in [2.45, 2.75) is 52.6 Å². The molecule has 2 heteroatoms. The highest BCUT2D eigenvalue weighted by atomic mass is 17.2. The molecule has 2 nitrogen and oxygen atoms in total. The molecule has 0 unspecified atom stereocenters. The molecule has 0 spiro atoms. The molecule has 0 radical (unpaired) electrons. The smallest absolute Gasteiger partial charge is 0.0977 e. The minimum Gasteiger partial charge on any atom is -0.236 e. The van der Waals surface area contributed by atoms with E-state index in [-0.39, 0.29) is 5.60 Å². The van der Waals surface area contributed by atoms with Crippen LogP contribution >= 0.6 is 0 Å². The molecule has 0 amide bonds. The second-order valence-electron chi connectivity index (χ2n) is 3.37. The quantitative estimate of drug-likeness (QED) is 0.338. The molecule has 0 aliphatic carbocycles. The molecule has 0 aromatic rings. The SMILES string of the molecule is CCCCOOC(C)(C)CC. The molecule has 0 heterocycles. The summed E-state index contributed by atoms with van der Waals surface area (Å²) in [5, 5.41) is 0. The van der Waals surface area contributed by atoms with Gasteiger partial charge in [0.15, 0.2) is 0 Å². The zero-order valence-corrected chi connectivity index (χ0v) is 8.14.